The molecule has 0 aliphatic rings. The first-order valence-corrected chi connectivity index (χ1v) is 5.21. The van der Waals surface area contributed by atoms with Crippen molar-refractivity contribution in [3.63, 3.8) is 0 Å². The standard InChI is InChI=1S/C9H15N3OS/c1-6-7(4-9(13)12(2)3)14-8(5-10)11-6/h4-5,10H2,1-3H3. The lowest BCUT2D eigenvalue weighted by Gasteiger charge is -2.08. The summed E-state index contributed by atoms with van der Waals surface area (Å²) in [7, 11) is 3.51. The van der Waals surface area contributed by atoms with Crippen LogP contribution in [0.5, 0.6) is 0 Å². The van der Waals surface area contributed by atoms with Gasteiger partial charge >= 0.3 is 0 Å². The van der Waals surface area contributed by atoms with E-state index in [1.54, 1.807) is 19.0 Å². The van der Waals surface area contributed by atoms with Gasteiger partial charge in [-0.3, -0.25) is 4.79 Å². The number of nitrogens with two attached hydrogens (primary N) is 1. The van der Waals surface area contributed by atoms with E-state index in [4.69, 9.17) is 5.73 Å². The maximum absolute atomic E-state index is 11.4. The molecule has 1 heterocycles. The van der Waals surface area contributed by atoms with Crippen molar-refractivity contribution in [2.24, 2.45) is 5.73 Å². The predicted molar refractivity (Wildman–Crippen MR) is 57.1 cm³/mol. The average Bonchev–Trinajstić information content (AvgIpc) is 2.47. The number of hydrogen-bond donors (Lipinski definition) is 1. The highest BCUT2D eigenvalue weighted by Gasteiger charge is 2.11. The molecule has 0 fully saturated rings. The SMILES string of the molecule is Cc1nc(CN)sc1CC(=O)N(C)C. The Labute approximate surface area is 87.7 Å². The Balaban J connectivity index is 2.76. The molecule has 0 unspecified atom stereocenters. The van der Waals surface area contributed by atoms with Crippen molar-refractivity contribution in [1.82, 2.24) is 9.88 Å². The fourth-order valence-corrected chi connectivity index (χ4v) is 1.97. The monoisotopic (exact) mass is 213 g/mol. The molecule has 0 aliphatic heterocycles. The van der Waals surface area contributed by atoms with E-state index in [9.17, 15) is 4.79 Å². The van der Waals surface area contributed by atoms with Crippen LogP contribution >= 0.6 is 11.3 Å². The molecule has 1 aromatic heterocycles. The van der Waals surface area contributed by atoms with Crippen LogP contribution in [0.1, 0.15) is 15.6 Å². The van der Waals surface area contributed by atoms with Gasteiger partial charge < -0.3 is 10.6 Å². The molecule has 0 saturated carbocycles. The van der Waals surface area contributed by atoms with Crippen LogP contribution in [0.15, 0.2) is 0 Å². The Kier molecular flexibility index (Phi) is 3.60. The summed E-state index contributed by atoms with van der Waals surface area (Å²) >= 11 is 1.52. The zero-order valence-electron chi connectivity index (χ0n) is 8.70. The highest BCUT2D eigenvalue weighted by atomic mass is 32.1. The summed E-state index contributed by atoms with van der Waals surface area (Å²) in [5.74, 6) is 0.0975. The van der Waals surface area contributed by atoms with Crippen LogP contribution in [0.4, 0.5) is 0 Å². The number of amides is 1. The van der Waals surface area contributed by atoms with Crippen LogP contribution in [0.2, 0.25) is 0 Å². The third kappa shape index (κ3) is 2.52. The molecule has 78 valence electrons. The average molecular weight is 213 g/mol. The number of thiazole rings is 1. The van der Waals surface area contributed by atoms with E-state index in [1.807, 2.05) is 6.92 Å². The molecule has 4 nitrogen and oxygen atoms in total. The van der Waals surface area contributed by atoms with Crippen LogP contribution in [0.25, 0.3) is 0 Å². The zero-order valence-corrected chi connectivity index (χ0v) is 9.52. The van der Waals surface area contributed by atoms with Gasteiger partial charge in [0.05, 0.1) is 12.1 Å². The second-order valence-electron chi connectivity index (χ2n) is 3.29. The Morgan fingerprint density at radius 3 is 2.64 bits per heavy atom. The summed E-state index contributed by atoms with van der Waals surface area (Å²) in [6.07, 6.45) is 0.427. The zero-order chi connectivity index (χ0) is 10.7. The second-order valence-corrected chi connectivity index (χ2v) is 4.45. The topological polar surface area (TPSA) is 59.2 Å². The lowest BCUT2D eigenvalue weighted by atomic mass is 10.3. The minimum atomic E-state index is 0.0975. The van der Waals surface area contributed by atoms with Crippen molar-refractivity contribution in [1.29, 1.82) is 0 Å². The molecular weight excluding hydrogens is 198 g/mol. The van der Waals surface area contributed by atoms with Gasteiger partial charge in [-0.2, -0.15) is 0 Å². The number of hydrogen-bond acceptors (Lipinski definition) is 4. The lowest BCUT2D eigenvalue weighted by molar-refractivity contribution is -0.127. The Morgan fingerprint density at radius 2 is 2.21 bits per heavy atom. The third-order valence-electron chi connectivity index (χ3n) is 1.92. The minimum absolute atomic E-state index is 0.0975. The predicted octanol–water partition coefficient (Wildman–Crippen LogP) is 0.541. The number of carbonyl (C=O) groups excluding carboxylic acids is 1. The van der Waals surface area contributed by atoms with Gasteiger partial charge in [-0.25, -0.2) is 4.98 Å². The van der Waals surface area contributed by atoms with Crippen molar-refractivity contribution >= 4 is 17.2 Å². The summed E-state index contributed by atoms with van der Waals surface area (Å²) < 4.78 is 0. The molecule has 14 heavy (non-hydrogen) atoms. The van der Waals surface area contributed by atoms with Crippen molar-refractivity contribution < 1.29 is 4.79 Å². The summed E-state index contributed by atoms with van der Waals surface area (Å²) in [6, 6.07) is 0. The summed E-state index contributed by atoms with van der Waals surface area (Å²) in [5, 5.41) is 0.893. The first-order chi connectivity index (χ1) is 6.54. The van der Waals surface area contributed by atoms with Gasteiger partial charge in [0.1, 0.15) is 5.01 Å². The van der Waals surface area contributed by atoms with Crippen LogP contribution in [0.3, 0.4) is 0 Å². The van der Waals surface area contributed by atoms with E-state index in [0.29, 0.717) is 13.0 Å². The van der Waals surface area contributed by atoms with E-state index in [1.165, 1.54) is 11.3 Å². The molecule has 2 N–H and O–H groups in total. The highest BCUT2D eigenvalue weighted by molar-refractivity contribution is 7.11. The molecular formula is C9H15N3OS. The molecule has 0 aliphatic carbocycles. The fraction of sp³-hybridized carbons (Fsp3) is 0.556. The third-order valence-corrected chi connectivity index (χ3v) is 3.10. The molecule has 0 saturated heterocycles. The fourth-order valence-electron chi connectivity index (χ4n) is 1.04. The van der Waals surface area contributed by atoms with E-state index in [-0.39, 0.29) is 5.91 Å². The second kappa shape index (κ2) is 4.52. The van der Waals surface area contributed by atoms with Gasteiger partial charge in [0.15, 0.2) is 0 Å². The van der Waals surface area contributed by atoms with Crippen LogP contribution < -0.4 is 5.73 Å². The first-order valence-electron chi connectivity index (χ1n) is 4.40. The van der Waals surface area contributed by atoms with Gasteiger partial charge in [-0.1, -0.05) is 0 Å². The molecule has 0 aromatic carbocycles. The molecule has 1 amide bonds. The number of nitrogens with zero attached hydrogens (tertiary/aromatic N) is 2. The minimum Gasteiger partial charge on any atom is -0.349 e. The van der Waals surface area contributed by atoms with Gasteiger partial charge in [0.2, 0.25) is 5.91 Å². The van der Waals surface area contributed by atoms with E-state index in [2.05, 4.69) is 4.98 Å². The molecule has 0 radical (unpaired) electrons. The summed E-state index contributed by atoms with van der Waals surface area (Å²) in [4.78, 5) is 18.3. The maximum atomic E-state index is 11.4. The van der Waals surface area contributed by atoms with Gasteiger partial charge in [-0.05, 0) is 6.92 Å². The van der Waals surface area contributed by atoms with E-state index >= 15 is 0 Å². The highest BCUT2D eigenvalue weighted by Crippen LogP contribution is 2.18. The van der Waals surface area contributed by atoms with Crippen molar-refractivity contribution in [2.75, 3.05) is 14.1 Å². The number of likely N-dealkylation sites (N-methyl/N-ethyl adjacent to an activating group) is 1. The van der Waals surface area contributed by atoms with Crippen molar-refractivity contribution in [2.45, 2.75) is 19.9 Å². The molecule has 0 bridgehead atoms. The van der Waals surface area contributed by atoms with Gasteiger partial charge in [-0.15, -0.1) is 11.3 Å². The van der Waals surface area contributed by atoms with E-state index < -0.39 is 0 Å². The largest absolute Gasteiger partial charge is 0.349 e. The van der Waals surface area contributed by atoms with Crippen LogP contribution in [-0.2, 0) is 17.8 Å². The number of aryl methyl sites for hydroxylation is 1. The molecule has 0 spiro atoms. The summed E-state index contributed by atoms with van der Waals surface area (Å²) in [5.41, 5.74) is 6.40. The number of rotatable bonds is 3. The Hall–Kier alpha value is -0.940. The number of aromatic nitrogens is 1. The van der Waals surface area contributed by atoms with Gasteiger partial charge in [0, 0.05) is 25.5 Å². The van der Waals surface area contributed by atoms with Crippen LogP contribution in [0, 0.1) is 6.92 Å². The Bertz CT molecular complexity index is 333. The molecule has 1 aromatic rings. The quantitative estimate of drug-likeness (QED) is 0.797. The normalized spacial score (nSPS) is 10.3. The first kappa shape index (κ1) is 11.1. The van der Waals surface area contributed by atoms with Crippen molar-refractivity contribution in [3.05, 3.63) is 15.6 Å². The maximum Gasteiger partial charge on any atom is 0.227 e. The number of carbonyl (C=O) groups is 1. The lowest BCUT2D eigenvalue weighted by Crippen LogP contribution is -2.23. The van der Waals surface area contributed by atoms with Gasteiger partial charge in [0.25, 0.3) is 0 Å². The molecule has 5 heteroatoms. The summed E-state index contributed by atoms with van der Waals surface area (Å²) in [6.45, 7) is 2.36. The van der Waals surface area contributed by atoms with Crippen LogP contribution in [-0.4, -0.2) is 29.9 Å². The molecule has 1 rings (SSSR count). The van der Waals surface area contributed by atoms with Crippen molar-refractivity contribution in [3.8, 4) is 0 Å². The smallest absolute Gasteiger partial charge is 0.227 e. The molecule has 0 atom stereocenters. The van der Waals surface area contributed by atoms with E-state index in [0.717, 1.165) is 15.6 Å². The Morgan fingerprint density at radius 1 is 1.57 bits per heavy atom.